The molecule has 102 valence electrons. The van der Waals surface area contributed by atoms with Crippen molar-refractivity contribution in [2.24, 2.45) is 0 Å². The number of carbonyl (C=O) groups is 1. The van der Waals surface area contributed by atoms with Crippen LogP contribution >= 0.6 is 27.7 Å². The van der Waals surface area contributed by atoms with Gasteiger partial charge in [0.25, 0.3) is 11.6 Å². The highest BCUT2D eigenvalue weighted by Gasteiger charge is 2.15. The van der Waals surface area contributed by atoms with Crippen molar-refractivity contribution >= 4 is 39.3 Å². The summed E-state index contributed by atoms with van der Waals surface area (Å²) in [6, 6.07) is 4.30. The lowest BCUT2D eigenvalue weighted by molar-refractivity contribution is -0.385. The van der Waals surface area contributed by atoms with Crippen LogP contribution in [-0.2, 0) is 0 Å². The summed E-state index contributed by atoms with van der Waals surface area (Å²) in [5.41, 5.74) is 0.164. The van der Waals surface area contributed by atoms with Crippen LogP contribution in [0.2, 0.25) is 0 Å². The van der Waals surface area contributed by atoms with Crippen LogP contribution in [0.5, 0.6) is 0 Å². The van der Waals surface area contributed by atoms with Crippen LogP contribution in [-0.4, -0.2) is 28.9 Å². The van der Waals surface area contributed by atoms with Crippen LogP contribution in [0, 0.1) is 10.1 Å². The molecule has 7 heteroatoms. The van der Waals surface area contributed by atoms with E-state index in [9.17, 15) is 14.9 Å². The van der Waals surface area contributed by atoms with Gasteiger partial charge in [-0.25, -0.2) is 0 Å². The number of halogens is 1. The SMILES string of the molecule is C=CCSCCNC(=O)c1ccc(Br)c([N+](=O)[O-])c1. The zero-order valence-corrected chi connectivity index (χ0v) is 12.5. The van der Waals surface area contributed by atoms with Gasteiger partial charge in [0.1, 0.15) is 0 Å². The van der Waals surface area contributed by atoms with E-state index in [4.69, 9.17) is 0 Å². The largest absolute Gasteiger partial charge is 0.351 e. The molecule has 0 fully saturated rings. The highest BCUT2D eigenvalue weighted by molar-refractivity contribution is 9.10. The number of hydrogen-bond donors (Lipinski definition) is 1. The number of nitro groups is 1. The molecule has 0 saturated heterocycles. The van der Waals surface area contributed by atoms with Gasteiger partial charge in [-0.05, 0) is 28.1 Å². The van der Waals surface area contributed by atoms with Crippen molar-refractivity contribution < 1.29 is 9.72 Å². The first-order chi connectivity index (χ1) is 9.06. The van der Waals surface area contributed by atoms with E-state index in [0.29, 0.717) is 11.0 Å². The molecule has 0 aromatic heterocycles. The number of thioether (sulfide) groups is 1. The lowest BCUT2D eigenvalue weighted by Crippen LogP contribution is -2.25. The molecule has 5 nitrogen and oxygen atoms in total. The number of carbonyl (C=O) groups excluding carboxylic acids is 1. The van der Waals surface area contributed by atoms with Gasteiger partial charge in [0.15, 0.2) is 0 Å². The molecule has 0 aliphatic rings. The third-order valence-electron chi connectivity index (χ3n) is 2.17. The minimum absolute atomic E-state index is 0.117. The fourth-order valence-corrected chi connectivity index (χ4v) is 2.27. The average molecular weight is 345 g/mol. The van der Waals surface area contributed by atoms with Gasteiger partial charge in [0, 0.05) is 29.7 Å². The molecular weight excluding hydrogens is 332 g/mol. The van der Waals surface area contributed by atoms with E-state index in [1.165, 1.54) is 12.1 Å². The molecule has 0 aliphatic carbocycles. The second kappa shape index (κ2) is 7.96. The number of nitrogens with one attached hydrogen (secondary N) is 1. The van der Waals surface area contributed by atoms with Crippen LogP contribution in [0.1, 0.15) is 10.4 Å². The third kappa shape index (κ3) is 5.04. The van der Waals surface area contributed by atoms with Gasteiger partial charge in [-0.3, -0.25) is 14.9 Å². The van der Waals surface area contributed by atoms with Gasteiger partial charge in [-0.2, -0.15) is 11.8 Å². The summed E-state index contributed by atoms with van der Waals surface area (Å²) in [6.07, 6.45) is 1.80. The minimum atomic E-state index is -0.527. The van der Waals surface area contributed by atoms with E-state index in [2.05, 4.69) is 27.8 Å². The fourth-order valence-electron chi connectivity index (χ4n) is 1.30. The van der Waals surface area contributed by atoms with Gasteiger partial charge in [0.05, 0.1) is 9.40 Å². The zero-order chi connectivity index (χ0) is 14.3. The molecule has 19 heavy (non-hydrogen) atoms. The summed E-state index contributed by atoms with van der Waals surface area (Å²) >= 11 is 4.73. The van der Waals surface area contributed by atoms with Gasteiger partial charge in [-0.15, -0.1) is 6.58 Å². The Hall–Kier alpha value is -1.34. The maximum Gasteiger partial charge on any atom is 0.284 e. The Balaban J connectivity index is 2.60. The summed E-state index contributed by atoms with van der Waals surface area (Å²) in [4.78, 5) is 22.0. The van der Waals surface area contributed by atoms with Crippen LogP contribution in [0.15, 0.2) is 35.3 Å². The summed E-state index contributed by atoms with van der Waals surface area (Å²) in [5.74, 6) is 1.30. The van der Waals surface area contributed by atoms with Crippen LogP contribution in [0.3, 0.4) is 0 Å². The number of nitrogens with zero attached hydrogens (tertiary/aromatic N) is 1. The summed E-state index contributed by atoms with van der Waals surface area (Å²) < 4.78 is 0.357. The number of amides is 1. The summed E-state index contributed by atoms with van der Waals surface area (Å²) in [5, 5.41) is 13.5. The van der Waals surface area contributed by atoms with Gasteiger partial charge in [0.2, 0.25) is 0 Å². The Labute approximate surface area is 123 Å². The van der Waals surface area contributed by atoms with Crippen molar-refractivity contribution in [1.29, 1.82) is 0 Å². The first-order valence-electron chi connectivity index (χ1n) is 5.47. The third-order valence-corrected chi connectivity index (χ3v) is 3.81. The molecule has 0 aliphatic heterocycles. The Morgan fingerprint density at radius 2 is 2.32 bits per heavy atom. The number of rotatable bonds is 7. The van der Waals surface area contributed by atoms with E-state index in [0.717, 1.165) is 11.5 Å². The molecule has 0 bridgehead atoms. The molecule has 0 atom stereocenters. The van der Waals surface area contributed by atoms with Crippen molar-refractivity contribution in [2.75, 3.05) is 18.1 Å². The lowest BCUT2D eigenvalue weighted by atomic mass is 10.2. The molecule has 0 unspecified atom stereocenters. The van der Waals surface area contributed by atoms with E-state index in [1.54, 1.807) is 23.9 Å². The Morgan fingerprint density at radius 3 is 2.95 bits per heavy atom. The van der Waals surface area contributed by atoms with Crippen LogP contribution in [0.25, 0.3) is 0 Å². The van der Waals surface area contributed by atoms with Crippen molar-refractivity contribution in [3.8, 4) is 0 Å². The summed E-state index contributed by atoms with van der Waals surface area (Å²) in [7, 11) is 0. The average Bonchev–Trinajstić information content (AvgIpc) is 2.38. The highest BCUT2D eigenvalue weighted by atomic mass is 79.9. The summed E-state index contributed by atoms with van der Waals surface area (Å²) in [6.45, 7) is 4.11. The highest BCUT2D eigenvalue weighted by Crippen LogP contribution is 2.25. The smallest absolute Gasteiger partial charge is 0.284 e. The first-order valence-corrected chi connectivity index (χ1v) is 7.41. The quantitative estimate of drug-likeness (QED) is 0.357. The Kier molecular flexibility index (Phi) is 6.58. The number of nitro benzene ring substituents is 1. The molecule has 0 saturated carbocycles. The minimum Gasteiger partial charge on any atom is -0.351 e. The lowest BCUT2D eigenvalue weighted by Gasteiger charge is -2.05. The van der Waals surface area contributed by atoms with Crippen LogP contribution < -0.4 is 5.32 Å². The van der Waals surface area contributed by atoms with Crippen molar-refractivity contribution in [3.05, 3.63) is 51.0 Å². The molecule has 1 rings (SSSR count). The molecule has 1 aromatic carbocycles. The monoisotopic (exact) mass is 344 g/mol. The molecule has 0 heterocycles. The standard InChI is InChI=1S/C12H13BrN2O3S/c1-2-6-19-7-5-14-12(16)9-3-4-10(13)11(8-9)15(17)18/h2-4,8H,1,5-7H2,(H,14,16). The molecule has 0 radical (unpaired) electrons. The van der Waals surface area contributed by atoms with Gasteiger partial charge in [-0.1, -0.05) is 6.08 Å². The van der Waals surface area contributed by atoms with Gasteiger partial charge < -0.3 is 5.32 Å². The van der Waals surface area contributed by atoms with E-state index >= 15 is 0 Å². The number of benzene rings is 1. The molecule has 1 amide bonds. The Morgan fingerprint density at radius 1 is 1.58 bits per heavy atom. The second-order valence-electron chi connectivity index (χ2n) is 3.54. The van der Waals surface area contributed by atoms with E-state index < -0.39 is 4.92 Å². The van der Waals surface area contributed by atoms with Crippen molar-refractivity contribution in [1.82, 2.24) is 5.32 Å². The van der Waals surface area contributed by atoms with E-state index in [1.807, 2.05) is 0 Å². The van der Waals surface area contributed by atoms with E-state index in [-0.39, 0.29) is 17.2 Å². The maximum absolute atomic E-state index is 11.8. The predicted octanol–water partition coefficient (Wildman–Crippen LogP) is 3.01. The van der Waals surface area contributed by atoms with Crippen LogP contribution in [0.4, 0.5) is 5.69 Å². The van der Waals surface area contributed by atoms with Gasteiger partial charge >= 0.3 is 0 Å². The normalized spacial score (nSPS) is 9.95. The molecule has 0 spiro atoms. The zero-order valence-electron chi connectivity index (χ0n) is 10.1. The topological polar surface area (TPSA) is 72.2 Å². The molecular formula is C12H13BrN2O3S. The Bertz CT molecular complexity index is 494. The van der Waals surface area contributed by atoms with Crippen molar-refractivity contribution in [3.63, 3.8) is 0 Å². The molecule has 1 N–H and O–H groups in total. The first kappa shape index (κ1) is 15.7. The number of hydrogen-bond acceptors (Lipinski definition) is 4. The predicted molar refractivity (Wildman–Crippen MR) is 80.7 cm³/mol. The van der Waals surface area contributed by atoms with Crippen molar-refractivity contribution in [2.45, 2.75) is 0 Å². The fraction of sp³-hybridized carbons (Fsp3) is 0.250. The maximum atomic E-state index is 11.8. The molecule has 1 aromatic rings. The second-order valence-corrected chi connectivity index (χ2v) is 5.55.